The number of benzene rings is 1. The number of hydrogen-bond acceptors (Lipinski definition) is 5. The molecular weight excluding hydrogens is 353 g/mol. The molecule has 0 spiro atoms. The first-order valence-corrected chi connectivity index (χ1v) is 9.03. The van der Waals surface area contributed by atoms with Crippen molar-refractivity contribution < 1.29 is 8.42 Å². The molecule has 114 valence electrons. The van der Waals surface area contributed by atoms with Crippen LogP contribution in [0.5, 0.6) is 0 Å². The highest BCUT2D eigenvalue weighted by atomic mass is 35.5. The fraction of sp³-hybridized carbons (Fsp3) is 0.250. The summed E-state index contributed by atoms with van der Waals surface area (Å²) in [6.45, 7) is 2.20. The van der Waals surface area contributed by atoms with Crippen LogP contribution in [0.1, 0.15) is 11.3 Å². The Morgan fingerprint density at radius 2 is 2.05 bits per heavy atom. The van der Waals surface area contributed by atoms with Gasteiger partial charge in [0.25, 0.3) is 10.0 Å². The molecule has 0 aliphatic rings. The number of aromatic nitrogens is 1. The Labute approximate surface area is 137 Å². The molecule has 2 N–H and O–H groups in total. The van der Waals surface area contributed by atoms with E-state index in [-0.39, 0.29) is 9.92 Å². The van der Waals surface area contributed by atoms with Crippen molar-refractivity contribution in [3.8, 4) is 0 Å². The highest BCUT2D eigenvalue weighted by molar-refractivity contribution is 7.93. The summed E-state index contributed by atoms with van der Waals surface area (Å²) < 4.78 is 27.3. The maximum atomic E-state index is 12.4. The molecule has 0 amide bonds. The molecule has 21 heavy (non-hydrogen) atoms. The Morgan fingerprint density at radius 1 is 1.33 bits per heavy atom. The number of halogens is 2. The highest BCUT2D eigenvalue weighted by Crippen LogP contribution is 2.31. The summed E-state index contributed by atoms with van der Waals surface area (Å²) in [7, 11) is -2.10. The van der Waals surface area contributed by atoms with E-state index in [2.05, 4.69) is 15.0 Å². The summed E-state index contributed by atoms with van der Waals surface area (Å²) in [5, 5.41) is 5.41. The first-order chi connectivity index (χ1) is 9.83. The number of nitrogens with one attached hydrogen (secondary N) is 2. The van der Waals surface area contributed by atoms with Crippen molar-refractivity contribution in [1.29, 1.82) is 0 Å². The lowest BCUT2D eigenvalue weighted by atomic mass is 10.2. The van der Waals surface area contributed by atoms with Crippen molar-refractivity contribution in [3.05, 3.63) is 38.8 Å². The number of anilines is 1. The summed E-state index contributed by atoms with van der Waals surface area (Å²) in [5.41, 5.74) is 1.35. The van der Waals surface area contributed by atoms with E-state index in [1.807, 2.05) is 0 Å². The van der Waals surface area contributed by atoms with Crippen LogP contribution in [0.15, 0.2) is 22.4 Å². The van der Waals surface area contributed by atoms with Crippen LogP contribution in [0.4, 0.5) is 5.13 Å². The van der Waals surface area contributed by atoms with Crippen molar-refractivity contribution >= 4 is 49.7 Å². The lowest BCUT2D eigenvalue weighted by Gasteiger charge is -2.11. The molecule has 5 nitrogen and oxygen atoms in total. The van der Waals surface area contributed by atoms with Crippen molar-refractivity contribution in [2.24, 2.45) is 0 Å². The predicted octanol–water partition coefficient (Wildman–Crippen LogP) is 3.28. The third-order valence-corrected chi connectivity index (χ3v) is 5.72. The fourth-order valence-electron chi connectivity index (χ4n) is 1.70. The van der Waals surface area contributed by atoms with Crippen molar-refractivity contribution in [2.45, 2.75) is 18.4 Å². The van der Waals surface area contributed by atoms with Crippen LogP contribution in [0.25, 0.3) is 0 Å². The second-order valence-electron chi connectivity index (χ2n) is 4.31. The average molecular weight is 366 g/mol. The predicted molar refractivity (Wildman–Crippen MR) is 86.9 cm³/mol. The van der Waals surface area contributed by atoms with Gasteiger partial charge in [-0.3, -0.25) is 4.72 Å². The van der Waals surface area contributed by atoms with Gasteiger partial charge in [-0.1, -0.05) is 23.2 Å². The number of nitrogens with zero attached hydrogens (tertiary/aromatic N) is 1. The molecule has 1 aromatic carbocycles. The zero-order chi connectivity index (χ0) is 15.6. The summed E-state index contributed by atoms with van der Waals surface area (Å²) in [4.78, 5) is 4.01. The first-order valence-electron chi connectivity index (χ1n) is 5.91. The average Bonchev–Trinajstić information content (AvgIpc) is 2.78. The van der Waals surface area contributed by atoms with Crippen LogP contribution >= 0.6 is 34.5 Å². The Kier molecular flexibility index (Phi) is 5.11. The zero-order valence-electron chi connectivity index (χ0n) is 11.3. The molecule has 2 rings (SSSR count). The first kappa shape index (κ1) is 16.5. The van der Waals surface area contributed by atoms with Crippen LogP contribution < -0.4 is 10.0 Å². The van der Waals surface area contributed by atoms with Gasteiger partial charge in [0.1, 0.15) is 4.90 Å². The van der Waals surface area contributed by atoms with E-state index in [1.54, 1.807) is 25.4 Å². The van der Waals surface area contributed by atoms with E-state index in [9.17, 15) is 8.42 Å². The molecule has 0 aliphatic carbocycles. The number of thiazole rings is 1. The van der Waals surface area contributed by atoms with E-state index in [1.165, 1.54) is 17.4 Å². The molecule has 2 aromatic rings. The van der Waals surface area contributed by atoms with Gasteiger partial charge in [0.2, 0.25) is 0 Å². The van der Waals surface area contributed by atoms with Crippen LogP contribution in [0.3, 0.4) is 0 Å². The molecule has 0 fully saturated rings. The molecule has 1 heterocycles. The van der Waals surface area contributed by atoms with E-state index >= 15 is 0 Å². The maximum absolute atomic E-state index is 12.4. The van der Waals surface area contributed by atoms with Gasteiger partial charge in [0.15, 0.2) is 5.13 Å². The Morgan fingerprint density at radius 3 is 2.62 bits per heavy atom. The van der Waals surface area contributed by atoms with E-state index in [0.717, 1.165) is 5.69 Å². The van der Waals surface area contributed by atoms with Gasteiger partial charge in [-0.25, -0.2) is 13.4 Å². The Hall–Kier alpha value is -0.860. The monoisotopic (exact) mass is 365 g/mol. The van der Waals surface area contributed by atoms with Gasteiger partial charge in [-0.15, -0.1) is 11.3 Å². The SMILES string of the molecule is CNCc1cc(Cl)cc(S(=O)(=O)Nc2nc(C)cs2)c1Cl. The molecular formula is C12H13Cl2N3O2S2. The van der Waals surface area contributed by atoms with Crippen LogP contribution in [0.2, 0.25) is 10.0 Å². The van der Waals surface area contributed by atoms with Gasteiger partial charge >= 0.3 is 0 Å². The molecule has 0 unspecified atom stereocenters. The largest absolute Gasteiger partial charge is 0.316 e. The third-order valence-electron chi connectivity index (χ3n) is 2.58. The van der Waals surface area contributed by atoms with Crippen LogP contribution in [-0.4, -0.2) is 20.4 Å². The lowest BCUT2D eigenvalue weighted by Crippen LogP contribution is -2.15. The van der Waals surface area contributed by atoms with Crippen LogP contribution in [-0.2, 0) is 16.6 Å². The summed E-state index contributed by atoms with van der Waals surface area (Å²) in [5.74, 6) is 0. The van der Waals surface area contributed by atoms with E-state index < -0.39 is 10.0 Å². The number of rotatable bonds is 5. The molecule has 0 saturated carbocycles. The van der Waals surface area contributed by atoms with E-state index in [0.29, 0.717) is 22.3 Å². The maximum Gasteiger partial charge on any atom is 0.265 e. The summed E-state index contributed by atoms with van der Waals surface area (Å²) >= 11 is 13.4. The minimum Gasteiger partial charge on any atom is -0.316 e. The summed E-state index contributed by atoms with van der Waals surface area (Å²) in [6, 6.07) is 2.96. The number of hydrogen-bond donors (Lipinski definition) is 2. The third kappa shape index (κ3) is 3.87. The van der Waals surface area contributed by atoms with Gasteiger partial charge in [-0.05, 0) is 31.7 Å². The molecule has 0 aliphatic heterocycles. The number of sulfonamides is 1. The highest BCUT2D eigenvalue weighted by Gasteiger charge is 2.22. The second-order valence-corrected chi connectivity index (χ2v) is 7.63. The smallest absolute Gasteiger partial charge is 0.265 e. The fourth-order valence-corrected chi connectivity index (χ4v) is 4.58. The van der Waals surface area contributed by atoms with E-state index in [4.69, 9.17) is 23.2 Å². The van der Waals surface area contributed by atoms with Gasteiger partial charge in [0, 0.05) is 16.9 Å². The minimum absolute atomic E-state index is 0.0604. The zero-order valence-corrected chi connectivity index (χ0v) is 14.4. The van der Waals surface area contributed by atoms with Gasteiger partial charge in [-0.2, -0.15) is 0 Å². The summed E-state index contributed by atoms with van der Waals surface area (Å²) in [6.07, 6.45) is 0. The molecule has 0 radical (unpaired) electrons. The Bertz CT molecular complexity index is 760. The topological polar surface area (TPSA) is 71.1 Å². The molecule has 1 aromatic heterocycles. The second kappa shape index (κ2) is 6.50. The van der Waals surface area contributed by atoms with Gasteiger partial charge < -0.3 is 5.32 Å². The molecule has 9 heteroatoms. The van der Waals surface area contributed by atoms with Crippen molar-refractivity contribution in [3.63, 3.8) is 0 Å². The van der Waals surface area contributed by atoms with Gasteiger partial charge in [0.05, 0.1) is 10.7 Å². The normalized spacial score (nSPS) is 11.6. The number of aryl methyl sites for hydroxylation is 1. The lowest BCUT2D eigenvalue weighted by molar-refractivity contribution is 0.601. The molecule has 0 saturated heterocycles. The minimum atomic E-state index is -3.84. The molecule has 0 atom stereocenters. The van der Waals surface area contributed by atoms with Crippen LogP contribution in [0, 0.1) is 6.92 Å². The quantitative estimate of drug-likeness (QED) is 0.852. The van der Waals surface area contributed by atoms with Crippen molar-refractivity contribution in [2.75, 3.05) is 11.8 Å². The molecule has 0 bridgehead atoms. The Balaban J connectivity index is 2.44. The van der Waals surface area contributed by atoms with Crippen molar-refractivity contribution in [1.82, 2.24) is 10.3 Å². The standard InChI is InChI=1S/C12H13Cl2N3O2S2/c1-7-6-20-12(16-7)17-21(18,19)10-4-9(13)3-8(5-15-2)11(10)14/h3-4,6,15H,5H2,1-2H3,(H,16,17).